The molecule has 0 bridgehead atoms. The van der Waals surface area contributed by atoms with Crippen LogP contribution in [0.5, 0.6) is 0 Å². The highest BCUT2D eigenvalue weighted by Crippen LogP contribution is 2.23. The number of aliphatic hydroxyl groups excluding tert-OH is 1. The molecule has 0 aliphatic heterocycles. The summed E-state index contributed by atoms with van der Waals surface area (Å²) in [5.74, 6) is 0.186. The molecule has 1 aromatic rings. The second-order valence-electron chi connectivity index (χ2n) is 2.92. The van der Waals surface area contributed by atoms with Crippen molar-refractivity contribution < 1.29 is 5.11 Å². The number of anilines is 1. The van der Waals surface area contributed by atoms with Gasteiger partial charge in [0.1, 0.15) is 0 Å². The molecule has 12 heavy (non-hydrogen) atoms. The van der Waals surface area contributed by atoms with Gasteiger partial charge in [0.15, 0.2) is 0 Å². The van der Waals surface area contributed by atoms with E-state index in [2.05, 4.69) is 0 Å². The number of nitrogens with two attached hydrogens (primary N) is 1. The van der Waals surface area contributed by atoms with Crippen LogP contribution in [0.25, 0.3) is 0 Å². The quantitative estimate of drug-likeness (QED) is 0.670. The summed E-state index contributed by atoms with van der Waals surface area (Å²) in [6, 6.07) is 7.69. The minimum atomic E-state index is 0.171. The summed E-state index contributed by atoms with van der Waals surface area (Å²) in [5.41, 5.74) is 7.60. The van der Waals surface area contributed by atoms with E-state index in [9.17, 15) is 0 Å². The zero-order valence-electron chi connectivity index (χ0n) is 7.33. The van der Waals surface area contributed by atoms with E-state index in [0.29, 0.717) is 0 Å². The second kappa shape index (κ2) is 4.12. The lowest BCUT2D eigenvalue weighted by Crippen LogP contribution is -2.05. The molecule has 1 aromatic carbocycles. The van der Waals surface area contributed by atoms with E-state index < -0.39 is 0 Å². The highest BCUT2D eigenvalue weighted by atomic mass is 16.3. The molecule has 1 atom stereocenters. The van der Waals surface area contributed by atoms with Crippen molar-refractivity contribution in [1.82, 2.24) is 0 Å². The van der Waals surface area contributed by atoms with Crippen LogP contribution in [-0.2, 0) is 0 Å². The Bertz CT molecular complexity index is 243. The minimum Gasteiger partial charge on any atom is -0.398 e. The second-order valence-corrected chi connectivity index (χ2v) is 2.92. The zero-order chi connectivity index (χ0) is 8.97. The summed E-state index contributed by atoms with van der Waals surface area (Å²) >= 11 is 0. The molecule has 3 N–H and O–H groups in total. The van der Waals surface area contributed by atoms with Crippen molar-refractivity contribution in [2.24, 2.45) is 0 Å². The molecule has 0 spiro atoms. The highest BCUT2D eigenvalue weighted by molar-refractivity contribution is 5.48. The van der Waals surface area contributed by atoms with Crippen LogP contribution in [0.1, 0.15) is 24.8 Å². The number of aliphatic hydroxyl groups is 1. The smallest absolute Gasteiger partial charge is 0.0500 e. The first-order valence-electron chi connectivity index (χ1n) is 4.24. The Morgan fingerprint density at radius 3 is 2.58 bits per heavy atom. The lowest BCUT2D eigenvalue weighted by atomic mass is 9.96. The van der Waals surface area contributed by atoms with Gasteiger partial charge in [0, 0.05) is 18.2 Å². The van der Waals surface area contributed by atoms with Gasteiger partial charge < -0.3 is 10.8 Å². The maximum Gasteiger partial charge on any atom is 0.0500 e. The molecular formula is C10H15NO. The summed E-state index contributed by atoms with van der Waals surface area (Å²) in [6.45, 7) is 2.22. The normalized spacial score (nSPS) is 12.8. The first kappa shape index (κ1) is 9.07. The molecule has 0 saturated heterocycles. The molecule has 2 nitrogen and oxygen atoms in total. The molecule has 1 unspecified atom stereocenters. The van der Waals surface area contributed by atoms with Crippen LogP contribution in [-0.4, -0.2) is 11.7 Å². The van der Waals surface area contributed by atoms with Crippen LogP contribution in [0.2, 0.25) is 0 Å². The van der Waals surface area contributed by atoms with Gasteiger partial charge in [-0.05, 0) is 18.1 Å². The Balaban J connectivity index is 2.92. The van der Waals surface area contributed by atoms with E-state index in [-0.39, 0.29) is 12.5 Å². The lowest BCUT2D eigenvalue weighted by molar-refractivity contribution is 0.262. The minimum absolute atomic E-state index is 0.171. The fraction of sp³-hybridized carbons (Fsp3) is 0.400. The largest absolute Gasteiger partial charge is 0.398 e. The van der Waals surface area contributed by atoms with Crippen molar-refractivity contribution in [3.05, 3.63) is 29.8 Å². The topological polar surface area (TPSA) is 46.2 Å². The van der Waals surface area contributed by atoms with E-state index in [1.54, 1.807) is 0 Å². The molecule has 66 valence electrons. The fourth-order valence-corrected chi connectivity index (χ4v) is 1.33. The van der Waals surface area contributed by atoms with E-state index in [1.807, 2.05) is 31.2 Å². The van der Waals surface area contributed by atoms with Crippen molar-refractivity contribution in [2.75, 3.05) is 12.3 Å². The molecular weight excluding hydrogens is 150 g/mol. The van der Waals surface area contributed by atoms with E-state index in [0.717, 1.165) is 17.7 Å². The third-order valence-corrected chi connectivity index (χ3v) is 2.15. The van der Waals surface area contributed by atoms with Crippen molar-refractivity contribution >= 4 is 5.69 Å². The first-order valence-corrected chi connectivity index (χ1v) is 4.24. The molecule has 1 rings (SSSR count). The van der Waals surface area contributed by atoms with Gasteiger partial charge in [0.2, 0.25) is 0 Å². The standard InChI is InChI=1S/C10H15NO/c1-2-8(7-12)9-5-3-4-6-10(9)11/h3-6,8,12H,2,7,11H2,1H3. The molecule has 0 saturated carbocycles. The van der Waals surface area contributed by atoms with Gasteiger partial charge in [-0.15, -0.1) is 0 Å². The molecule has 0 radical (unpaired) electrons. The number of hydrogen-bond acceptors (Lipinski definition) is 2. The Morgan fingerprint density at radius 1 is 1.42 bits per heavy atom. The third-order valence-electron chi connectivity index (χ3n) is 2.15. The highest BCUT2D eigenvalue weighted by Gasteiger charge is 2.09. The van der Waals surface area contributed by atoms with Crippen molar-refractivity contribution in [2.45, 2.75) is 19.3 Å². The summed E-state index contributed by atoms with van der Waals surface area (Å²) in [4.78, 5) is 0. The average molecular weight is 165 g/mol. The molecule has 0 aromatic heterocycles. The van der Waals surface area contributed by atoms with E-state index in [4.69, 9.17) is 10.8 Å². The number of benzene rings is 1. The average Bonchev–Trinajstić information content (AvgIpc) is 2.10. The Kier molecular flexibility index (Phi) is 3.11. The van der Waals surface area contributed by atoms with Gasteiger partial charge in [0.25, 0.3) is 0 Å². The zero-order valence-corrected chi connectivity index (χ0v) is 7.33. The monoisotopic (exact) mass is 165 g/mol. The SMILES string of the molecule is CCC(CO)c1ccccc1N. The van der Waals surface area contributed by atoms with Crippen LogP contribution in [0.15, 0.2) is 24.3 Å². The maximum atomic E-state index is 9.05. The fourth-order valence-electron chi connectivity index (χ4n) is 1.33. The molecule has 0 fully saturated rings. The summed E-state index contributed by atoms with van der Waals surface area (Å²) < 4.78 is 0. The van der Waals surface area contributed by atoms with Crippen LogP contribution in [0.3, 0.4) is 0 Å². The number of rotatable bonds is 3. The predicted molar refractivity (Wildman–Crippen MR) is 51.0 cm³/mol. The van der Waals surface area contributed by atoms with Gasteiger partial charge in [-0.1, -0.05) is 25.1 Å². The predicted octanol–water partition coefficient (Wildman–Crippen LogP) is 1.75. The third kappa shape index (κ3) is 1.77. The van der Waals surface area contributed by atoms with Crippen LogP contribution in [0.4, 0.5) is 5.69 Å². The number of hydrogen-bond donors (Lipinski definition) is 2. The van der Waals surface area contributed by atoms with E-state index >= 15 is 0 Å². The Morgan fingerprint density at radius 2 is 2.08 bits per heavy atom. The van der Waals surface area contributed by atoms with Gasteiger partial charge in [-0.3, -0.25) is 0 Å². The van der Waals surface area contributed by atoms with E-state index in [1.165, 1.54) is 0 Å². The van der Waals surface area contributed by atoms with Crippen LogP contribution >= 0.6 is 0 Å². The molecule has 0 amide bonds. The number of para-hydroxylation sites is 1. The van der Waals surface area contributed by atoms with Crippen molar-refractivity contribution in [1.29, 1.82) is 0 Å². The summed E-state index contributed by atoms with van der Waals surface area (Å²) in [7, 11) is 0. The van der Waals surface area contributed by atoms with Crippen LogP contribution in [0, 0.1) is 0 Å². The summed E-state index contributed by atoms with van der Waals surface area (Å²) in [6.07, 6.45) is 0.921. The Labute approximate surface area is 73.0 Å². The summed E-state index contributed by atoms with van der Waals surface area (Å²) in [5, 5.41) is 9.05. The molecule has 0 aliphatic carbocycles. The number of nitrogen functional groups attached to an aromatic ring is 1. The Hall–Kier alpha value is -1.02. The van der Waals surface area contributed by atoms with Crippen molar-refractivity contribution in [3.63, 3.8) is 0 Å². The lowest BCUT2D eigenvalue weighted by Gasteiger charge is -2.13. The van der Waals surface area contributed by atoms with Gasteiger partial charge >= 0.3 is 0 Å². The van der Waals surface area contributed by atoms with Gasteiger partial charge in [-0.25, -0.2) is 0 Å². The molecule has 2 heteroatoms. The maximum absolute atomic E-state index is 9.05. The van der Waals surface area contributed by atoms with Gasteiger partial charge in [-0.2, -0.15) is 0 Å². The molecule has 0 aliphatic rings. The van der Waals surface area contributed by atoms with Crippen molar-refractivity contribution in [3.8, 4) is 0 Å². The van der Waals surface area contributed by atoms with Gasteiger partial charge in [0.05, 0.1) is 0 Å². The van der Waals surface area contributed by atoms with Crippen LogP contribution < -0.4 is 5.73 Å². The first-order chi connectivity index (χ1) is 5.79. The molecule has 0 heterocycles.